The van der Waals surface area contributed by atoms with E-state index in [9.17, 15) is 9.59 Å². The lowest BCUT2D eigenvalue weighted by Gasteiger charge is -2.28. The molecule has 1 atom stereocenters. The van der Waals surface area contributed by atoms with E-state index in [2.05, 4.69) is 5.32 Å². The number of carbonyl (C=O) groups is 2. The molecule has 1 N–H and O–H groups in total. The van der Waals surface area contributed by atoms with Crippen molar-refractivity contribution in [3.8, 4) is 0 Å². The predicted octanol–water partition coefficient (Wildman–Crippen LogP) is 3.69. The van der Waals surface area contributed by atoms with E-state index < -0.39 is 6.04 Å². The molecule has 0 aliphatic carbocycles. The van der Waals surface area contributed by atoms with Gasteiger partial charge in [0, 0.05) is 29.8 Å². The highest BCUT2D eigenvalue weighted by molar-refractivity contribution is 6.35. The van der Waals surface area contributed by atoms with Crippen molar-refractivity contribution >= 4 is 40.7 Å². The van der Waals surface area contributed by atoms with Crippen LogP contribution in [-0.4, -0.2) is 49.3 Å². The molecule has 138 valence electrons. The smallest absolute Gasteiger partial charge is 0.246 e. The number of nitrogens with one attached hydrogen (secondary N) is 1. The van der Waals surface area contributed by atoms with Gasteiger partial charge >= 0.3 is 0 Å². The van der Waals surface area contributed by atoms with Gasteiger partial charge in [0.2, 0.25) is 11.8 Å². The van der Waals surface area contributed by atoms with Crippen LogP contribution in [0.3, 0.4) is 0 Å². The molecular formula is C19H21Cl2N3O2. The first-order valence-electron chi connectivity index (χ1n) is 8.00. The Balaban J connectivity index is 2.28. The summed E-state index contributed by atoms with van der Waals surface area (Å²) in [6.45, 7) is 0.107. The van der Waals surface area contributed by atoms with Crippen LogP contribution in [0, 0.1) is 0 Å². The molecule has 0 fully saturated rings. The molecule has 5 nitrogen and oxygen atoms in total. The highest BCUT2D eigenvalue weighted by Crippen LogP contribution is 2.25. The van der Waals surface area contributed by atoms with Crippen molar-refractivity contribution in [2.24, 2.45) is 0 Å². The third-order valence-electron chi connectivity index (χ3n) is 3.82. The van der Waals surface area contributed by atoms with E-state index in [1.54, 1.807) is 44.2 Å². The molecule has 7 heteroatoms. The van der Waals surface area contributed by atoms with Gasteiger partial charge in [0.05, 0.1) is 6.54 Å². The average molecular weight is 394 g/mol. The topological polar surface area (TPSA) is 52.7 Å². The summed E-state index contributed by atoms with van der Waals surface area (Å²) in [5.74, 6) is -0.365. The second kappa shape index (κ2) is 9.03. The van der Waals surface area contributed by atoms with E-state index in [1.165, 1.54) is 4.90 Å². The molecular weight excluding hydrogens is 373 g/mol. The third-order valence-corrected chi connectivity index (χ3v) is 4.25. The first-order chi connectivity index (χ1) is 12.3. The molecule has 0 bridgehead atoms. The van der Waals surface area contributed by atoms with Crippen molar-refractivity contribution in [3.05, 3.63) is 64.1 Å². The fraction of sp³-hybridized carbons (Fsp3) is 0.263. The van der Waals surface area contributed by atoms with E-state index in [-0.39, 0.29) is 18.4 Å². The molecule has 0 spiro atoms. The molecule has 0 radical (unpaired) electrons. The first-order valence-corrected chi connectivity index (χ1v) is 8.76. The largest absolute Gasteiger partial charge is 0.348 e. The standard InChI is InChI=1S/C19H21Cl2N3O2/c1-23(2)17(25)12-24(3)18(13-7-5-4-6-8-13)19(26)22-16-10-14(20)9-15(21)11-16/h4-11,18H,12H2,1-3H3,(H,22,26)/t18-/m1/s1. The number of benzene rings is 2. The Bertz CT molecular complexity index is 761. The molecule has 0 unspecified atom stereocenters. The number of rotatable bonds is 6. The molecule has 26 heavy (non-hydrogen) atoms. The lowest BCUT2D eigenvalue weighted by atomic mass is 10.0. The number of amides is 2. The monoisotopic (exact) mass is 393 g/mol. The van der Waals surface area contributed by atoms with E-state index in [0.29, 0.717) is 15.7 Å². The highest BCUT2D eigenvalue weighted by Gasteiger charge is 2.27. The number of hydrogen-bond donors (Lipinski definition) is 1. The maximum absolute atomic E-state index is 13.0. The van der Waals surface area contributed by atoms with Gasteiger partial charge in [-0.05, 0) is 30.8 Å². The molecule has 0 heterocycles. The normalized spacial score (nSPS) is 11.9. The molecule has 0 aromatic heterocycles. The van der Waals surface area contributed by atoms with Crippen LogP contribution in [0.2, 0.25) is 10.0 Å². The highest BCUT2D eigenvalue weighted by atomic mass is 35.5. The van der Waals surface area contributed by atoms with E-state index in [4.69, 9.17) is 23.2 Å². The zero-order chi connectivity index (χ0) is 19.3. The van der Waals surface area contributed by atoms with Gasteiger partial charge in [0.1, 0.15) is 6.04 Å². The van der Waals surface area contributed by atoms with Gasteiger partial charge in [-0.3, -0.25) is 14.5 Å². The molecule has 0 saturated carbocycles. The second-order valence-corrected chi connectivity index (χ2v) is 7.04. The van der Waals surface area contributed by atoms with Crippen LogP contribution < -0.4 is 5.32 Å². The van der Waals surface area contributed by atoms with Crippen molar-refractivity contribution in [2.75, 3.05) is 33.0 Å². The minimum absolute atomic E-state index is 0.0907. The summed E-state index contributed by atoms with van der Waals surface area (Å²) in [5.41, 5.74) is 1.29. The van der Waals surface area contributed by atoms with Crippen molar-refractivity contribution in [1.82, 2.24) is 9.80 Å². The second-order valence-electron chi connectivity index (χ2n) is 6.16. The quantitative estimate of drug-likeness (QED) is 0.813. The minimum atomic E-state index is -0.641. The number of carbonyl (C=O) groups excluding carboxylic acids is 2. The van der Waals surface area contributed by atoms with Crippen LogP contribution in [-0.2, 0) is 9.59 Å². The van der Waals surface area contributed by atoms with Gasteiger partial charge in [0.15, 0.2) is 0 Å². The van der Waals surface area contributed by atoms with Crippen molar-refractivity contribution in [1.29, 1.82) is 0 Å². The average Bonchev–Trinajstić information content (AvgIpc) is 2.54. The van der Waals surface area contributed by atoms with Crippen LogP contribution in [0.4, 0.5) is 5.69 Å². The molecule has 2 amide bonds. The number of halogens is 2. The van der Waals surface area contributed by atoms with E-state index in [0.717, 1.165) is 5.56 Å². The summed E-state index contributed by atoms with van der Waals surface area (Å²) >= 11 is 12.0. The SMILES string of the molecule is CN(C)C(=O)CN(C)[C@@H](C(=O)Nc1cc(Cl)cc(Cl)c1)c1ccccc1. The maximum atomic E-state index is 13.0. The lowest BCUT2D eigenvalue weighted by Crippen LogP contribution is -2.41. The summed E-state index contributed by atoms with van der Waals surface area (Å²) < 4.78 is 0. The fourth-order valence-corrected chi connectivity index (χ4v) is 3.05. The summed E-state index contributed by atoms with van der Waals surface area (Å²) in [5, 5.41) is 3.69. The van der Waals surface area contributed by atoms with Crippen LogP contribution in [0.5, 0.6) is 0 Å². The Kier molecular flexibility index (Phi) is 7.03. The summed E-state index contributed by atoms with van der Waals surface area (Å²) in [6, 6.07) is 13.5. The number of hydrogen-bond acceptors (Lipinski definition) is 3. The van der Waals surface area contributed by atoms with Gasteiger partial charge in [-0.25, -0.2) is 0 Å². The molecule has 0 saturated heterocycles. The maximum Gasteiger partial charge on any atom is 0.246 e. The lowest BCUT2D eigenvalue weighted by molar-refractivity contribution is -0.131. The van der Waals surface area contributed by atoms with Crippen molar-refractivity contribution in [2.45, 2.75) is 6.04 Å². The minimum Gasteiger partial charge on any atom is -0.348 e. The van der Waals surface area contributed by atoms with Crippen LogP contribution in [0.1, 0.15) is 11.6 Å². The van der Waals surface area contributed by atoms with Gasteiger partial charge in [-0.2, -0.15) is 0 Å². The predicted molar refractivity (Wildman–Crippen MR) is 106 cm³/mol. The zero-order valence-corrected chi connectivity index (χ0v) is 16.4. The Morgan fingerprint density at radius 2 is 1.58 bits per heavy atom. The zero-order valence-electron chi connectivity index (χ0n) is 14.9. The van der Waals surface area contributed by atoms with Gasteiger partial charge in [-0.15, -0.1) is 0 Å². The van der Waals surface area contributed by atoms with Crippen molar-refractivity contribution < 1.29 is 9.59 Å². The summed E-state index contributed by atoms with van der Waals surface area (Å²) in [7, 11) is 5.10. The van der Waals surface area contributed by atoms with Crippen LogP contribution in [0.25, 0.3) is 0 Å². The molecule has 0 aliphatic rings. The number of nitrogens with zero attached hydrogens (tertiary/aromatic N) is 2. The van der Waals surface area contributed by atoms with Gasteiger partial charge < -0.3 is 10.2 Å². The van der Waals surface area contributed by atoms with Crippen LogP contribution >= 0.6 is 23.2 Å². The Morgan fingerprint density at radius 3 is 2.12 bits per heavy atom. The number of likely N-dealkylation sites (N-methyl/N-ethyl adjacent to an activating group) is 2. The fourth-order valence-electron chi connectivity index (χ4n) is 2.52. The molecule has 2 rings (SSSR count). The van der Waals surface area contributed by atoms with Gasteiger partial charge in [0.25, 0.3) is 0 Å². The Labute approximate surface area is 163 Å². The van der Waals surface area contributed by atoms with Crippen molar-refractivity contribution in [3.63, 3.8) is 0 Å². The Hall–Kier alpha value is -2.08. The number of anilines is 1. The molecule has 2 aromatic rings. The Morgan fingerprint density at radius 1 is 1.00 bits per heavy atom. The van der Waals surface area contributed by atoms with Gasteiger partial charge in [-0.1, -0.05) is 53.5 Å². The molecule has 0 aliphatic heterocycles. The summed E-state index contributed by atoms with van der Waals surface area (Å²) in [6.07, 6.45) is 0. The third kappa shape index (κ3) is 5.46. The van der Waals surface area contributed by atoms with E-state index >= 15 is 0 Å². The van der Waals surface area contributed by atoms with E-state index in [1.807, 2.05) is 30.3 Å². The first kappa shape index (κ1) is 20.2. The molecule has 2 aromatic carbocycles. The summed E-state index contributed by atoms with van der Waals surface area (Å²) in [4.78, 5) is 28.2. The van der Waals surface area contributed by atoms with Crippen LogP contribution in [0.15, 0.2) is 48.5 Å².